The quantitative estimate of drug-likeness (QED) is 0.865. The van der Waals surface area contributed by atoms with Gasteiger partial charge in [-0.05, 0) is 57.4 Å². The minimum atomic E-state index is -0.424. The van der Waals surface area contributed by atoms with E-state index < -0.39 is 6.10 Å². The molecular weight excluding hydrogens is 250 g/mol. The molecule has 1 unspecified atom stereocenters. The van der Waals surface area contributed by atoms with Crippen molar-refractivity contribution in [1.29, 1.82) is 0 Å². The van der Waals surface area contributed by atoms with E-state index in [1.807, 2.05) is 24.3 Å². The number of nitrogens with zero attached hydrogens (tertiary/aromatic N) is 1. The summed E-state index contributed by atoms with van der Waals surface area (Å²) in [6.45, 7) is 9.15. The highest BCUT2D eigenvalue weighted by molar-refractivity contribution is 5.28. The van der Waals surface area contributed by atoms with Gasteiger partial charge in [-0.25, -0.2) is 0 Å². The first kappa shape index (κ1) is 15.3. The van der Waals surface area contributed by atoms with Gasteiger partial charge < -0.3 is 9.84 Å². The maximum absolute atomic E-state index is 10.4. The molecule has 1 fully saturated rings. The van der Waals surface area contributed by atoms with Crippen molar-refractivity contribution >= 4 is 0 Å². The van der Waals surface area contributed by atoms with E-state index in [9.17, 15) is 5.11 Å². The number of ether oxygens (including phenoxy) is 1. The summed E-state index contributed by atoms with van der Waals surface area (Å²) in [4.78, 5) is 2.39. The van der Waals surface area contributed by atoms with Crippen molar-refractivity contribution in [2.45, 2.75) is 51.7 Å². The molecule has 1 saturated heterocycles. The summed E-state index contributed by atoms with van der Waals surface area (Å²) in [5, 5.41) is 10.4. The molecule has 3 heteroatoms. The first-order valence-electron chi connectivity index (χ1n) is 7.69. The lowest BCUT2D eigenvalue weighted by Crippen LogP contribution is -2.40. The molecule has 1 heterocycles. The van der Waals surface area contributed by atoms with Gasteiger partial charge in [0, 0.05) is 12.1 Å². The lowest BCUT2D eigenvalue weighted by Gasteiger charge is -2.33. The van der Waals surface area contributed by atoms with Crippen molar-refractivity contribution in [3.63, 3.8) is 0 Å². The van der Waals surface area contributed by atoms with Crippen LogP contribution in [-0.4, -0.2) is 35.2 Å². The number of rotatable bonds is 6. The summed E-state index contributed by atoms with van der Waals surface area (Å²) >= 11 is 0. The molecule has 1 N–H and O–H groups in total. The minimum absolute atomic E-state index is 0.213. The fourth-order valence-corrected chi connectivity index (χ4v) is 2.82. The first-order chi connectivity index (χ1) is 9.53. The van der Waals surface area contributed by atoms with E-state index in [1.54, 1.807) is 0 Å². The van der Waals surface area contributed by atoms with Crippen molar-refractivity contribution < 1.29 is 9.84 Å². The first-order valence-corrected chi connectivity index (χ1v) is 7.69. The van der Waals surface area contributed by atoms with Crippen LogP contribution in [0.2, 0.25) is 0 Å². The normalized spacial score (nSPS) is 20.0. The maximum Gasteiger partial charge on any atom is 0.119 e. The lowest BCUT2D eigenvalue weighted by molar-refractivity contribution is 0.0778. The maximum atomic E-state index is 10.4. The molecule has 0 aromatic heterocycles. The number of aliphatic hydroxyl groups excluding tert-OH is 1. The zero-order chi connectivity index (χ0) is 14.6. The fraction of sp³-hybridized carbons (Fsp3) is 0.647. The second-order valence-electron chi connectivity index (χ2n) is 6.30. The van der Waals surface area contributed by atoms with Crippen LogP contribution >= 0.6 is 0 Å². The molecule has 2 rings (SSSR count). The minimum Gasteiger partial charge on any atom is -0.494 e. The third kappa shape index (κ3) is 3.74. The standard InChI is InChI=1S/C17H27NO2/c1-4-12-20-15-8-6-14(7-9-15)16(19)13-18-11-5-10-17(18,2)3/h6-9,16,19H,4-5,10-13H2,1-3H3. The van der Waals surface area contributed by atoms with Crippen LogP contribution < -0.4 is 4.74 Å². The second-order valence-corrected chi connectivity index (χ2v) is 6.30. The molecule has 0 bridgehead atoms. The SMILES string of the molecule is CCCOc1ccc(C(O)CN2CCCC2(C)C)cc1. The van der Waals surface area contributed by atoms with Gasteiger partial charge >= 0.3 is 0 Å². The average molecular weight is 277 g/mol. The largest absolute Gasteiger partial charge is 0.494 e. The number of benzene rings is 1. The highest BCUT2D eigenvalue weighted by Gasteiger charge is 2.32. The molecule has 0 spiro atoms. The summed E-state index contributed by atoms with van der Waals surface area (Å²) in [5.74, 6) is 0.879. The topological polar surface area (TPSA) is 32.7 Å². The van der Waals surface area contributed by atoms with E-state index in [4.69, 9.17) is 4.74 Å². The van der Waals surface area contributed by atoms with E-state index in [0.717, 1.165) is 30.9 Å². The van der Waals surface area contributed by atoms with Crippen LogP contribution in [0.3, 0.4) is 0 Å². The van der Waals surface area contributed by atoms with Crippen LogP contribution in [0.5, 0.6) is 5.75 Å². The van der Waals surface area contributed by atoms with E-state index >= 15 is 0 Å². The van der Waals surface area contributed by atoms with Crippen molar-refractivity contribution in [3.8, 4) is 5.75 Å². The number of β-amino-alcohol motifs (C(OH)–C–C–N with tert-alkyl or cyclic N) is 1. The van der Waals surface area contributed by atoms with E-state index in [0.29, 0.717) is 6.54 Å². The van der Waals surface area contributed by atoms with Crippen LogP contribution in [0.15, 0.2) is 24.3 Å². The number of likely N-dealkylation sites (tertiary alicyclic amines) is 1. The number of hydrogen-bond donors (Lipinski definition) is 1. The van der Waals surface area contributed by atoms with Crippen molar-refractivity contribution in [2.75, 3.05) is 19.7 Å². The Morgan fingerprint density at radius 1 is 1.30 bits per heavy atom. The summed E-state index contributed by atoms with van der Waals surface area (Å²) in [7, 11) is 0. The Kier molecular flexibility index (Phi) is 5.06. The Morgan fingerprint density at radius 3 is 2.55 bits per heavy atom. The van der Waals surface area contributed by atoms with Crippen LogP contribution in [0, 0.1) is 0 Å². The summed E-state index contributed by atoms with van der Waals surface area (Å²) in [5.41, 5.74) is 1.18. The molecule has 0 saturated carbocycles. The highest BCUT2D eigenvalue weighted by Crippen LogP contribution is 2.30. The lowest BCUT2D eigenvalue weighted by atomic mass is 10.0. The summed E-state index contributed by atoms with van der Waals surface area (Å²) < 4.78 is 5.56. The van der Waals surface area contributed by atoms with Gasteiger partial charge in [-0.15, -0.1) is 0 Å². The van der Waals surface area contributed by atoms with Gasteiger partial charge in [0.25, 0.3) is 0 Å². The van der Waals surface area contributed by atoms with Crippen LogP contribution in [0.1, 0.15) is 51.7 Å². The molecular formula is C17H27NO2. The zero-order valence-electron chi connectivity index (χ0n) is 12.9. The Balaban J connectivity index is 1.93. The molecule has 112 valence electrons. The Bertz CT molecular complexity index is 414. The van der Waals surface area contributed by atoms with Crippen LogP contribution in [-0.2, 0) is 0 Å². The molecule has 0 radical (unpaired) electrons. The third-order valence-electron chi connectivity index (χ3n) is 4.20. The second kappa shape index (κ2) is 6.59. The van der Waals surface area contributed by atoms with Crippen molar-refractivity contribution in [2.24, 2.45) is 0 Å². The highest BCUT2D eigenvalue weighted by atomic mass is 16.5. The molecule has 1 aliphatic heterocycles. The van der Waals surface area contributed by atoms with Crippen molar-refractivity contribution in [3.05, 3.63) is 29.8 Å². The predicted molar refractivity (Wildman–Crippen MR) is 82.1 cm³/mol. The summed E-state index contributed by atoms with van der Waals surface area (Å²) in [6, 6.07) is 7.84. The van der Waals surface area contributed by atoms with E-state index in [1.165, 1.54) is 12.8 Å². The molecule has 1 atom stereocenters. The molecule has 1 aromatic carbocycles. The van der Waals surface area contributed by atoms with Gasteiger partial charge in [0.2, 0.25) is 0 Å². The molecule has 0 aliphatic carbocycles. The van der Waals surface area contributed by atoms with E-state index in [2.05, 4.69) is 25.7 Å². The Hall–Kier alpha value is -1.06. The van der Waals surface area contributed by atoms with Gasteiger partial charge in [-0.2, -0.15) is 0 Å². The van der Waals surface area contributed by atoms with Gasteiger partial charge in [0.05, 0.1) is 12.7 Å². The Labute approximate surface area is 122 Å². The van der Waals surface area contributed by atoms with Crippen LogP contribution in [0.25, 0.3) is 0 Å². The molecule has 20 heavy (non-hydrogen) atoms. The van der Waals surface area contributed by atoms with Crippen molar-refractivity contribution in [1.82, 2.24) is 4.90 Å². The molecule has 3 nitrogen and oxygen atoms in total. The fourth-order valence-electron chi connectivity index (χ4n) is 2.82. The van der Waals surface area contributed by atoms with E-state index in [-0.39, 0.29) is 5.54 Å². The van der Waals surface area contributed by atoms with Gasteiger partial charge in [0.15, 0.2) is 0 Å². The van der Waals surface area contributed by atoms with Gasteiger partial charge in [-0.3, -0.25) is 4.90 Å². The average Bonchev–Trinajstić information content (AvgIpc) is 2.76. The molecule has 0 amide bonds. The third-order valence-corrected chi connectivity index (χ3v) is 4.20. The number of aliphatic hydroxyl groups is 1. The predicted octanol–water partition coefficient (Wildman–Crippen LogP) is 3.38. The van der Waals surface area contributed by atoms with Crippen LogP contribution in [0.4, 0.5) is 0 Å². The number of hydrogen-bond acceptors (Lipinski definition) is 3. The van der Waals surface area contributed by atoms with Gasteiger partial charge in [-0.1, -0.05) is 19.1 Å². The monoisotopic (exact) mass is 277 g/mol. The summed E-state index contributed by atoms with van der Waals surface area (Å²) in [6.07, 6.45) is 3.02. The molecule has 1 aromatic rings. The zero-order valence-corrected chi connectivity index (χ0v) is 12.9. The Morgan fingerprint density at radius 2 is 2.00 bits per heavy atom. The molecule has 1 aliphatic rings. The smallest absolute Gasteiger partial charge is 0.119 e. The van der Waals surface area contributed by atoms with Gasteiger partial charge in [0.1, 0.15) is 5.75 Å².